The number of carbonyl (C=O) groups excluding carboxylic acids is 1. The summed E-state index contributed by atoms with van der Waals surface area (Å²) in [5, 5.41) is 6.41. The quantitative estimate of drug-likeness (QED) is 0.779. The average molecular weight is 246 g/mol. The number of benzene rings is 1. The summed E-state index contributed by atoms with van der Waals surface area (Å²) in [4.78, 5) is 15.6. The number of aromatic nitrogens is 2. The molecule has 0 fully saturated rings. The molecule has 0 saturated carbocycles. The van der Waals surface area contributed by atoms with E-state index in [4.69, 9.17) is 10.3 Å². The lowest BCUT2D eigenvalue weighted by atomic mass is 10.1. The molecular formula is C12H14N4O2. The number of nitrogens with two attached hydrogens (primary N) is 1. The normalized spacial score (nSPS) is 10.3. The Morgan fingerprint density at radius 1 is 1.39 bits per heavy atom. The van der Waals surface area contributed by atoms with Crippen LogP contribution < -0.4 is 11.1 Å². The minimum atomic E-state index is -0.0952. The molecule has 0 aliphatic heterocycles. The van der Waals surface area contributed by atoms with E-state index < -0.39 is 0 Å². The van der Waals surface area contributed by atoms with Crippen LogP contribution in [-0.2, 0) is 17.8 Å². The summed E-state index contributed by atoms with van der Waals surface area (Å²) in [7, 11) is 0. The summed E-state index contributed by atoms with van der Waals surface area (Å²) in [5.74, 6) is 0.859. The van der Waals surface area contributed by atoms with Crippen molar-refractivity contribution in [3.05, 3.63) is 41.5 Å². The zero-order valence-corrected chi connectivity index (χ0v) is 10.0. The number of hydrogen-bond donors (Lipinski definition) is 2. The van der Waals surface area contributed by atoms with Crippen LogP contribution in [0, 0.1) is 6.92 Å². The van der Waals surface area contributed by atoms with Gasteiger partial charge in [0.2, 0.25) is 11.8 Å². The van der Waals surface area contributed by atoms with Gasteiger partial charge in [-0.25, -0.2) is 0 Å². The van der Waals surface area contributed by atoms with E-state index in [2.05, 4.69) is 15.5 Å². The van der Waals surface area contributed by atoms with E-state index in [0.717, 1.165) is 5.56 Å². The summed E-state index contributed by atoms with van der Waals surface area (Å²) >= 11 is 0. The maximum Gasteiger partial charge on any atom is 0.224 e. The Hall–Kier alpha value is -2.37. The van der Waals surface area contributed by atoms with E-state index in [0.29, 0.717) is 23.8 Å². The van der Waals surface area contributed by atoms with Crippen LogP contribution in [0.2, 0.25) is 0 Å². The summed E-state index contributed by atoms with van der Waals surface area (Å²) < 4.78 is 4.80. The molecule has 0 radical (unpaired) electrons. The summed E-state index contributed by atoms with van der Waals surface area (Å²) in [6.45, 7) is 1.97. The molecule has 3 N–H and O–H groups in total. The molecule has 18 heavy (non-hydrogen) atoms. The van der Waals surface area contributed by atoms with Crippen molar-refractivity contribution in [1.29, 1.82) is 0 Å². The molecule has 0 aliphatic carbocycles. The Labute approximate surface area is 104 Å². The molecule has 1 amide bonds. The Balaban J connectivity index is 1.83. The first-order valence-corrected chi connectivity index (χ1v) is 5.54. The van der Waals surface area contributed by atoms with Crippen molar-refractivity contribution < 1.29 is 9.32 Å². The molecule has 0 spiro atoms. The number of carbonyl (C=O) groups is 1. The number of amides is 1. The van der Waals surface area contributed by atoms with E-state index in [9.17, 15) is 4.79 Å². The van der Waals surface area contributed by atoms with Crippen LogP contribution in [0.3, 0.4) is 0 Å². The Morgan fingerprint density at radius 2 is 2.11 bits per heavy atom. The fraction of sp³-hybridized carbons (Fsp3) is 0.250. The van der Waals surface area contributed by atoms with Gasteiger partial charge in [0, 0.05) is 12.6 Å². The van der Waals surface area contributed by atoms with Crippen molar-refractivity contribution >= 4 is 11.6 Å². The molecule has 0 atom stereocenters. The van der Waals surface area contributed by atoms with Crippen molar-refractivity contribution in [3.63, 3.8) is 0 Å². The third kappa shape index (κ3) is 3.31. The van der Waals surface area contributed by atoms with Crippen LogP contribution in [0.1, 0.15) is 17.3 Å². The number of hydrogen-bond acceptors (Lipinski definition) is 5. The SMILES string of the molecule is Cc1nc(CNC(=O)Cc2ccc(N)cc2)no1. The first-order valence-electron chi connectivity index (χ1n) is 5.54. The van der Waals surface area contributed by atoms with Gasteiger partial charge in [-0.1, -0.05) is 17.3 Å². The second-order valence-electron chi connectivity index (χ2n) is 3.92. The number of nitrogens with zero attached hydrogens (tertiary/aromatic N) is 2. The van der Waals surface area contributed by atoms with Gasteiger partial charge < -0.3 is 15.6 Å². The highest BCUT2D eigenvalue weighted by Crippen LogP contribution is 2.06. The van der Waals surface area contributed by atoms with E-state index in [1.165, 1.54) is 0 Å². The van der Waals surface area contributed by atoms with Crippen molar-refractivity contribution in [2.24, 2.45) is 0 Å². The molecule has 94 valence electrons. The van der Waals surface area contributed by atoms with Crippen LogP contribution in [0.4, 0.5) is 5.69 Å². The van der Waals surface area contributed by atoms with Crippen LogP contribution in [0.5, 0.6) is 0 Å². The lowest BCUT2D eigenvalue weighted by Crippen LogP contribution is -2.25. The molecule has 1 aromatic heterocycles. The van der Waals surface area contributed by atoms with E-state index in [1.807, 2.05) is 12.1 Å². The lowest BCUT2D eigenvalue weighted by Gasteiger charge is -2.03. The van der Waals surface area contributed by atoms with Crippen LogP contribution in [-0.4, -0.2) is 16.0 Å². The molecule has 0 aliphatic rings. The maximum atomic E-state index is 11.6. The van der Waals surface area contributed by atoms with Gasteiger partial charge >= 0.3 is 0 Å². The topological polar surface area (TPSA) is 94.0 Å². The number of anilines is 1. The van der Waals surface area contributed by atoms with E-state index >= 15 is 0 Å². The van der Waals surface area contributed by atoms with Gasteiger partial charge in [-0.05, 0) is 17.7 Å². The highest BCUT2D eigenvalue weighted by Gasteiger charge is 2.06. The molecule has 2 rings (SSSR count). The van der Waals surface area contributed by atoms with Gasteiger partial charge in [-0.2, -0.15) is 4.98 Å². The molecule has 1 aromatic carbocycles. The molecule has 0 bridgehead atoms. The van der Waals surface area contributed by atoms with Gasteiger partial charge in [0.05, 0.1) is 13.0 Å². The number of rotatable bonds is 4. The summed E-state index contributed by atoms with van der Waals surface area (Å²) in [6.07, 6.45) is 0.303. The molecular weight excluding hydrogens is 232 g/mol. The van der Waals surface area contributed by atoms with Gasteiger partial charge in [-0.15, -0.1) is 0 Å². The largest absolute Gasteiger partial charge is 0.399 e. The number of aryl methyl sites for hydroxylation is 1. The van der Waals surface area contributed by atoms with Crippen molar-refractivity contribution in [2.75, 3.05) is 5.73 Å². The Morgan fingerprint density at radius 3 is 2.72 bits per heavy atom. The van der Waals surface area contributed by atoms with E-state index in [-0.39, 0.29) is 12.5 Å². The third-order valence-electron chi connectivity index (χ3n) is 2.36. The molecule has 0 saturated heterocycles. The van der Waals surface area contributed by atoms with Gasteiger partial charge in [0.15, 0.2) is 5.82 Å². The molecule has 6 nitrogen and oxygen atoms in total. The van der Waals surface area contributed by atoms with Crippen molar-refractivity contribution in [3.8, 4) is 0 Å². The van der Waals surface area contributed by atoms with Crippen molar-refractivity contribution in [1.82, 2.24) is 15.5 Å². The predicted octanol–water partition coefficient (Wildman–Crippen LogP) is 0.819. The molecule has 0 unspecified atom stereocenters. The Bertz CT molecular complexity index is 533. The van der Waals surface area contributed by atoms with Gasteiger partial charge in [-0.3, -0.25) is 4.79 Å². The standard InChI is InChI=1S/C12H14N4O2/c1-8-15-11(16-18-8)7-14-12(17)6-9-2-4-10(13)5-3-9/h2-5H,6-7,13H2,1H3,(H,14,17). The zero-order valence-electron chi connectivity index (χ0n) is 10.0. The van der Waals surface area contributed by atoms with Gasteiger partial charge in [0.1, 0.15) is 0 Å². The number of nitrogen functional groups attached to an aromatic ring is 1. The predicted molar refractivity (Wildman–Crippen MR) is 65.4 cm³/mol. The highest BCUT2D eigenvalue weighted by molar-refractivity contribution is 5.78. The molecule has 6 heteroatoms. The van der Waals surface area contributed by atoms with Gasteiger partial charge in [0.25, 0.3) is 0 Å². The first kappa shape index (κ1) is 12.1. The highest BCUT2D eigenvalue weighted by atomic mass is 16.5. The monoisotopic (exact) mass is 246 g/mol. The van der Waals surface area contributed by atoms with Crippen LogP contribution in [0.15, 0.2) is 28.8 Å². The van der Waals surface area contributed by atoms with Crippen molar-refractivity contribution in [2.45, 2.75) is 19.9 Å². The minimum absolute atomic E-state index is 0.0952. The fourth-order valence-electron chi connectivity index (χ4n) is 1.47. The second-order valence-corrected chi connectivity index (χ2v) is 3.92. The number of nitrogens with one attached hydrogen (secondary N) is 1. The third-order valence-corrected chi connectivity index (χ3v) is 2.36. The van der Waals surface area contributed by atoms with E-state index in [1.54, 1.807) is 19.1 Å². The maximum absolute atomic E-state index is 11.6. The average Bonchev–Trinajstić information content (AvgIpc) is 2.76. The first-order chi connectivity index (χ1) is 8.63. The lowest BCUT2D eigenvalue weighted by molar-refractivity contribution is -0.120. The second kappa shape index (κ2) is 5.31. The molecule has 2 aromatic rings. The smallest absolute Gasteiger partial charge is 0.224 e. The summed E-state index contributed by atoms with van der Waals surface area (Å²) in [5.41, 5.74) is 7.16. The fourth-order valence-corrected chi connectivity index (χ4v) is 1.47. The zero-order chi connectivity index (χ0) is 13.0. The summed E-state index contributed by atoms with van der Waals surface area (Å²) in [6, 6.07) is 7.19. The molecule has 1 heterocycles. The van der Waals surface area contributed by atoms with Crippen LogP contribution in [0.25, 0.3) is 0 Å². The minimum Gasteiger partial charge on any atom is -0.399 e. The van der Waals surface area contributed by atoms with Crippen LogP contribution >= 0.6 is 0 Å². The Kier molecular flexibility index (Phi) is 3.57.